The van der Waals surface area contributed by atoms with Crippen LogP contribution in [-0.2, 0) is 5.41 Å². The molecule has 2 nitrogen and oxygen atoms in total. The number of hydrogen-bond acceptors (Lipinski definition) is 2. The third-order valence-corrected chi connectivity index (χ3v) is 3.24. The Kier molecular flexibility index (Phi) is 4.31. The first-order valence-electron chi connectivity index (χ1n) is 7.20. The second-order valence-electron chi connectivity index (χ2n) is 6.50. The largest absolute Gasteiger partial charge is 0.475 e. The monoisotopic (exact) mass is 287 g/mol. The van der Waals surface area contributed by atoms with E-state index >= 15 is 0 Å². The van der Waals surface area contributed by atoms with Gasteiger partial charge < -0.3 is 4.74 Å². The van der Waals surface area contributed by atoms with Gasteiger partial charge in [0.05, 0.1) is 6.10 Å². The zero-order valence-corrected chi connectivity index (χ0v) is 13.3. The second kappa shape index (κ2) is 5.84. The van der Waals surface area contributed by atoms with Crippen LogP contribution in [0.3, 0.4) is 0 Å². The summed E-state index contributed by atoms with van der Waals surface area (Å²) in [6, 6.07) is 8.99. The van der Waals surface area contributed by atoms with E-state index in [0.29, 0.717) is 11.4 Å². The van der Waals surface area contributed by atoms with E-state index in [1.807, 2.05) is 32.0 Å². The summed E-state index contributed by atoms with van der Waals surface area (Å²) in [6.07, 6.45) is 1.72. The topological polar surface area (TPSA) is 22.1 Å². The van der Waals surface area contributed by atoms with Crippen molar-refractivity contribution in [2.45, 2.75) is 46.1 Å². The van der Waals surface area contributed by atoms with Crippen LogP contribution in [0.4, 0.5) is 4.39 Å². The van der Waals surface area contributed by atoms with Gasteiger partial charge in [-0.25, -0.2) is 9.37 Å². The molecule has 0 N–H and O–H groups in total. The van der Waals surface area contributed by atoms with E-state index in [0.717, 1.165) is 11.1 Å². The van der Waals surface area contributed by atoms with Gasteiger partial charge >= 0.3 is 0 Å². The first kappa shape index (κ1) is 15.5. The van der Waals surface area contributed by atoms with Gasteiger partial charge in [-0.1, -0.05) is 32.9 Å². The van der Waals surface area contributed by atoms with E-state index in [9.17, 15) is 4.39 Å². The highest BCUT2D eigenvalue weighted by molar-refractivity contribution is 5.64. The van der Waals surface area contributed by atoms with Gasteiger partial charge in [-0.2, -0.15) is 0 Å². The van der Waals surface area contributed by atoms with Gasteiger partial charge in [0.25, 0.3) is 0 Å². The number of nitrogens with zero attached hydrogens (tertiary/aromatic N) is 1. The Morgan fingerprint density at radius 1 is 1.10 bits per heavy atom. The fourth-order valence-electron chi connectivity index (χ4n) is 2.07. The molecular formula is C18H22FNO. The fourth-order valence-corrected chi connectivity index (χ4v) is 2.07. The second-order valence-corrected chi connectivity index (χ2v) is 6.50. The molecule has 0 aliphatic carbocycles. The molecule has 21 heavy (non-hydrogen) atoms. The Bertz CT molecular complexity index is 612. The predicted molar refractivity (Wildman–Crippen MR) is 84.1 cm³/mol. The van der Waals surface area contributed by atoms with Gasteiger partial charge in [0, 0.05) is 23.4 Å². The van der Waals surface area contributed by atoms with Crippen LogP contribution >= 0.6 is 0 Å². The summed E-state index contributed by atoms with van der Waals surface area (Å²) in [7, 11) is 0. The van der Waals surface area contributed by atoms with E-state index in [1.165, 1.54) is 0 Å². The summed E-state index contributed by atoms with van der Waals surface area (Å²) in [5.41, 5.74) is 2.24. The summed E-state index contributed by atoms with van der Waals surface area (Å²) in [4.78, 5) is 4.22. The minimum absolute atomic E-state index is 0.0629. The Morgan fingerprint density at radius 3 is 2.29 bits per heavy atom. The smallest absolute Gasteiger partial charge is 0.213 e. The van der Waals surface area contributed by atoms with E-state index in [4.69, 9.17) is 4.74 Å². The molecule has 2 aromatic rings. The SMILES string of the molecule is CC(C)Oc1ccc(-c2ccc(C(C)(C)C)cc2F)cn1. The molecular weight excluding hydrogens is 265 g/mol. The first-order chi connectivity index (χ1) is 9.77. The molecule has 0 bridgehead atoms. The number of rotatable bonds is 3. The highest BCUT2D eigenvalue weighted by Crippen LogP contribution is 2.29. The molecule has 0 amide bonds. The lowest BCUT2D eigenvalue weighted by Crippen LogP contribution is -2.11. The van der Waals surface area contributed by atoms with Crippen molar-refractivity contribution in [2.75, 3.05) is 0 Å². The summed E-state index contributed by atoms with van der Waals surface area (Å²) in [6.45, 7) is 10.1. The molecule has 3 heteroatoms. The number of hydrogen-bond donors (Lipinski definition) is 0. The molecule has 0 spiro atoms. The molecule has 0 radical (unpaired) electrons. The molecule has 1 heterocycles. The van der Waals surface area contributed by atoms with E-state index in [-0.39, 0.29) is 17.3 Å². The summed E-state index contributed by atoms with van der Waals surface area (Å²) >= 11 is 0. The van der Waals surface area contributed by atoms with Crippen molar-refractivity contribution in [3.63, 3.8) is 0 Å². The number of halogens is 1. The minimum Gasteiger partial charge on any atom is -0.475 e. The van der Waals surface area contributed by atoms with Crippen LogP contribution in [0.1, 0.15) is 40.2 Å². The molecule has 0 fully saturated rings. The van der Waals surface area contributed by atoms with Crippen LogP contribution in [0.25, 0.3) is 11.1 Å². The third kappa shape index (κ3) is 3.81. The molecule has 0 aliphatic heterocycles. The normalized spacial score (nSPS) is 11.8. The highest BCUT2D eigenvalue weighted by atomic mass is 19.1. The Labute approximate surface area is 126 Å². The maximum Gasteiger partial charge on any atom is 0.213 e. The lowest BCUT2D eigenvalue weighted by atomic mass is 9.86. The molecule has 0 unspecified atom stereocenters. The number of aromatic nitrogens is 1. The number of ether oxygens (including phenoxy) is 1. The van der Waals surface area contributed by atoms with Crippen LogP contribution in [-0.4, -0.2) is 11.1 Å². The quantitative estimate of drug-likeness (QED) is 0.795. The lowest BCUT2D eigenvalue weighted by molar-refractivity contribution is 0.232. The average molecular weight is 287 g/mol. The third-order valence-electron chi connectivity index (χ3n) is 3.24. The van der Waals surface area contributed by atoms with Crippen LogP contribution in [0.15, 0.2) is 36.5 Å². The van der Waals surface area contributed by atoms with Gasteiger partial charge in [0.1, 0.15) is 5.82 Å². The van der Waals surface area contributed by atoms with Crippen LogP contribution in [0.2, 0.25) is 0 Å². The van der Waals surface area contributed by atoms with Crippen molar-refractivity contribution in [1.82, 2.24) is 4.98 Å². The molecule has 0 saturated carbocycles. The lowest BCUT2D eigenvalue weighted by Gasteiger charge is -2.19. The molecule has 2 rings (SSSR count). The van der Waals surface area contributed by atoms with Crippen LogP contribution in [0.5, 0.6) is 5.88 Å². The zero-order chi connectivity index (χ0) is 15.6. The molecule has 0 atom stereocenters. The average Bonchev–Trinajstić information content (AvgIpc) is 2.38. The van der Waals surface area contributed by atoms with Gasteiger partial charge in [0.2, 0.25) is 5.88 Å². The fraction of sp³-hybridized carbons (Fsp3) is 0.389. The van der Waals surface area contributed by atoms with Gasteiger partial charge in [0.15, 0.2) is 0 Å². The number of benzene rings is 1. The van der Waals surface area contributed by atoms with E-state index in [1.54, 1.807) is 18.3 Å². The van der Waals surface area contributed by atoms with Crippen molar-refractivity contribution >= 4 is 0 Å². The molecule has 112 valence electrons. The predicted octanol–water partition coefficient (Wildman–Crippen LogP) is 4.97. The maximum absolute atomic E-state index is 14.3. The van der Waals surface area contributed by atoms with Crippen molar-refractivity contribution in [3.8, 4) is 17.0 Å². The molecule has 0 saturated heterocycles. The Balaban J connectivity index is 2.30. The van der Waals surface area contributed by atoms with Gasteiger partial charge in [-0.3, -0.25) is 0 Å². The standard InChI is InChI=1S/C18H22FNO/c1-12(2)21-17-9-6-13(11-20-17)15-8-7-14(10-16(15)19)18(3,4)5/h6-12H,1-5H3. The molecule has 1 aromatic heterocycles. The summed E-state index contributed by atoms with van der Waals surface area (Å²) in [5, 5.41) is 0. The zero-order valence-electron chi connectivity index (χ0n) is 13.3. The maximum atomic E-state index is 14.3. The number of pyridine rings is 1. The highest BCUT2D eigenvalue weighted by Gasteiger charge is 2.16. The van der Waals surface area contributed by atoms with Gasteiger partial charge in [-0.15, -0.1) is 0 Å². The van der Waals surface area contributed by atoms with Crippen molar-refractivity contribution in [1.29, 1.82) is 0 Å². The van der Waals surface area contributed by atoms with Crippen molar-refractivity contribution in [2.24, 2.45) is 0 Å². The Hall–Kier alpha value is -1.90. The Morgan fingerprint density at radius 2 is 1.81 bits per heavy atom. The molecule has 1 aromatic carbocycles. The van der Waals surface area contributed by atoms with E-state index < -0.39 is 0 Å². The van der Waals surface area contributed by atoms with Gasteiger partial charge in [-0.05, 0) is 37.0 Å². The summed E-state index contributed by atoms with van der Waals surface area (Å²) in [5.74, 6) is 0.335. The molecule has 0 aliphatic rings. The minimum atomic E-state index is -0.221. The van der Waals surface area contributed by atoms with Crippen LogP contribution < -0.4 is 4.74 Å². The first-order valence-corrected chi connectivity index (χ1v) is 7.20. The van der Waals surface area contributed by atoms with Crippen molar-refractivity contribution in [3.05, 3.63) is 47.9 Å². The van der Waals surface area contributed by atoms with Crippen LogP contribution in [0, 0.1) is 5.82 Å². The van der Waals surface area contributed by atoms with E-state index in [2.05, 4.69) is 25.8 Å². The summed E-state index contributed by atoms with van der Waals surface area (Å²) < 4.78 is 19.8. The van der Waals surface area contributed by atoms with Crippen molar-refractivity contribution < 1.29 is 9.13 Å².